The molecule has 1 unspecified atom stereocenters. The van der Waals surface area contributed by atoms with Gasteiger partial charge in [-0.2, -0.15) is 0 Å². The van der Waals surface area contributed by atoms with Crippen LogP contribution in [0.3, 0.4) is 0 Å². The summed E-state index contributed by atoms with van der Waals surface area (Å²) in [5.74, 6) is 0.722. The van der Waals surface area contributed by atoms with Crippen molar-refractivity contribution in [1.82, 2.24) is 14.5 Å². The molecule has 84 valence electrons. The van der Waals surface area contributed by atoms with E-state index in [1.165, 1.54) is 0 Å². The Morgan fingerprint density at radius 2 is 2.06 bits per heavy atom. The first-order valence-corrected chi connectivity index (χ1v) is 5.39. The largest absolute Gasteiger partial charge is 0.385 e. The van der Waals surface area contributed by atoms with Crippen molar-refractivity contribution in [3.63, 3.8) is 0 Å². The predicted octanol–water partition coefficient (Wildman–Crippen LogP) is 1.57. The van der Waals surface area contributed by atoms with Gasteiger partial charge in [0, 0.05) is 37.8 Å². The van der Waals surface area contributed by atoms with Crippen molar-refractivity contribution in [2.24, 2.45) is 0 Å². The molecule has 0 bridgehead atoms. The van der Waals surface area contributed by atoms with Crippen molar-refractivity contribution < 1.29 is 5.11 Å². The van der Waals surface area contributed by atoms with Gasteiger partial charge in [0.2, 0.25) is 0 Å². The standard InChI is InChI=1S/C12H15N3O/c1-2-15-8-7-14-12(15)11(16)9-10-3-5-13-6-4-10/h3-8,11,16H,2,9H2,1H3. The summed E-state index contributed by atoms with van der Waals surface area (Å²) in [6.45, 7) is 2.85. The average molecular weight is 217 g/mol. The minimum atomic E-state index is -0.558. The molecule has 0 radical (unpaired) electrons. The summed E-state index contributed by atoms with van der Waals surface area (Å²) in [5, 5.41) is 10.1. The van der Waals surface area contributed by atoms with Crippen LogP contribution in [0, 0.1) is 0 Å². The summed E-state index contributed by atoms with van der Waals surface area (Å²) in [5.41, 5.74) is 1.06. The molecule has 0 saturated heterocycles. The highest BCUT2D eigenvalue weighted by atomic mass is 16.3. The molecule has 0 saturated carbocycles. The van der Waals surface area contributed by atoms with Crippen molar-refractivity contribution >= 4 is 0 Å². The van der Waals surface area contributed by atoms with Crippen LogP contribution in [0.2, 0.25) is 0 Å². The van der Waals surface area contributed by atoms with Crippen molar-refractivity contribution in [2.45, 2.75) is 26.0 Å². The molecule has 1 atom stereocenters. The van der Waals surface area contributed by atoms with Gasteiger partial charge < -0.3 is 9.67 Å². The van der Waals surface area contributed by atoms with Crippen molar-refractivity contribution in [1.29, 1.82) is 0 Å². The molecule has 16 heavy (non-hydrogen) atoms. The first-order valence-electron chi connectivity index (χ1n) is 5.39. The molecular formula is C12H15N3O. The number of nitrogens with zero attached hydrogens (tertiary/aromatic N) is 3. The molecule has 0 fully saturated rings. The van der Waals surface area contributed by atoms with Gasteiger partial charge in [0.25, 0.3) is 0 Å². The lowest BCUT2D eigenvalue weighted by Gasteiger charge is -2.11. The number of aliphatic hydroxyl groups is 1. The topological polar surface area (TPSA) is 50.9 Å². The maximum atomic E-state index is 10.1. The van der Waals surface area contributed by atoms with E-state index in [1.807, 2.05) is 29.8 Å². The summed E-state index contributed by atoms with van der Waals surface area (Å²) < 4.78 is 1.95. The molecule has 4 nitrogen and oxygen atoms in total. The first-order chi connectivity index (χ1) is 7.81. The van der Waals surface area contributed by atoms with Crippen molar-refractivity contribution in [2.75, 3.05) is 0 Å². The Morgan fingerprint density at radius 1 is 1.31 bits per heavy atom. The van der Waals surface area contributed by atoms with Crippen LogP contribution in [-0.4, -0.2) is 19.6 Å². The van der Waals surface area contributed by atoms with Crippen LogP contribution < -0.4 is 0 Å². The SMILES string of the molecule is CCn1ccnc1C(O)Cc1ccncc1. The fourth-order valence-electron chi connectivity index (χ4n) is 1.72. The lowest BCUT2D eigenvalue weighted by molar-refractivity contribution is 0.164. The molecule has 2 aromatic rings. The Bertz CT molecular complexity index is 439. The highest BCUT2D eigenvalue weighted by Gasteiger charge is 2.13. The van der Waals surface area contributed by atoms with E-state index in [-0.39, 0.29) is 0 Å². The van der Waals surface area contributed by atoms with E-state index in [1.54, 1.807) is 18.6 Å². The summed E-state index contributed by atoms with van der Waals surface area (Å²) in [6.07, 6.45) is 7.07. The van der Waals surface area contributed by atoms with Gasteiger partial charge in [-0.25, -0.2) is 4.98 Å². The van der Waals surface area contributed by atoms with Gasteiger partial charge in [0.1, 0.15) is 11.9 Å². The van der Waals surface area contributed by atoms with E-state index in [0.29, 0.717) is 6.42 Å². The molecule has 4 heteroatoms. The third kappa shape index (κ3) is 2.28. The number of aryl methyl sites for hydroxylation is 1. The fraction of sp³-hybridized carbons (Fsp3) is 0.333. The smallest absolute Gasteiger partial charge is 0.137 e. The second-order valence-corrected chi connectivity index (χ2v) is 3.65. The van der Waals surface area contributed by atoms with E-state index in [2.05, 4.69) is 9.97 Å². The van der Waals surface area contributed by atoms with Crippen molar-refractivity contribution in [3.8, 4) is 0 Å². The molecule has 0 aliphatic carbocycles. The van der Waals surface area contributed by atoms with E-state index < -0.39 is 6.10 Å². The number of aliphatic hydroxyl groups excluding tert-OH is 1. The number of aromatic nitrogens is 3. The fourth-order valence-corrected chi connectivity index (χ4v) is 1.72. The monoisotopic (exact) mass is 217 g/mol. The number of hydrogen-bond acceptors (Lipinski definition) is 3. The van der Waals surface area contributed by atoms with Gasteiger partial charge in [-0.3, -0.25) is 4.98 Å². The minimum absolute atomic E-state index is 0.558. The Hall–Kier alpha value is -1.68. The zero-order valence-corrected chi connectivity index (χ0v) is 9.24. The third-order valence-electron chi connectivity index (χ3n) is 2.56. The van der Waals surface area contributed by atoms with E-state index in [0.717, 1.165) is 17.9 Å². The Morgan fingerprint density at radius 3 is 2.75 bits per heavy atom. The first kappa shape index (κ1) is 10.8. The number of pyridine rings is 1. The summed E-state index contributed by atoms with van der Waals surface area (Å²) >= 11 is 0. The molecule has 0 aliphatic heterocycles. The molecule has 2 heterocycles. The molecule has 0 aliphatic rings. The Balaban J connectivity index is 2.11. The van der Waals surface area contributed by atoms with Gasteiger partial charge in [0.05, 0.1) is 0 Å². The van der Waals surface area contributed by atoms with Crippen molar-refractivity contribution in [3.05, 3.63) is 48.3 Å². The molecule has 2 rings (SSSR count). The lowest BCUT2D eigenvalue weighted by Crippen LogP contribution is -2.10. The molecular weight excluding hydrogens is 202 g/mol. The van der Waals surface area contributed by atoms with Crippen LogP contribution in [-0.2, 0) is 13.0 Å². The van der Waals surface area contributed by atoms with Crippen LogP contribution in [0.25, 0.3) is 0 Å². The number of hydrogen-bond donors (Lipinski definition) is 1. The highest BCUT2D eigenvalue weighted by molar-refractivity contribution is 5.13. The van der Waals surface area contributed by atoms with Gasteiger partial charge >= 0.3 is 0 Å². The molecule has 1 N–H and O–H groups in total. The second kappa shape index (κ2) is 4.90. The molecule has 2 aromatic heterocycles. The van der Waals surface area contributed by atoms with Crippen LogP contribution in [0.4, 0.5) is 0 Å². The zero-order valence-electron chi connectivity index (χ0n) is 9.24. The van der Waals surface area contributed by atoms with Crippen LogP contribution in [0.1, 0.15) is 24.4 Å². The van der Waals surface area contributed by atoms with E-state index in [4.69, 9.17) is 0 Å². The van der Waals surface area contributed by atoms with Crippen LogP contribution in [0.5, 0.6) is 0 Å². The predicted molar refractivity (Wildman–Crippen MR) is 60.8 cm³/mol. The minimum Gasteiger partial charge on any atom is -0.385 e. The Labute approximate surface area is 94.6 Å². The van der Waals surface area contributed by atoms with E-state index in [9.17, 15) is 5.11 Å². The molecule has 0 spiro atoms. The summed E-state index contributed by atoms with van der Waals surface area (Å²) in [4.78, 5) is 8.13. The number of rotatable bonds is 4. The highest BCUT2D eigenvalue weighted by Crippen LogP contribution is 2.16. The van der Waals surface area contributed by atoms with Gasteiger partial charge in [-0.15, -0.1) is 0 Å². The second-order valence-electron chi connectivity index (χ2n) is 3.65. The van der Waals surface area contributed by atoms with E-state index >= 15 is 0 Å². The normalized spacial score (nSPS) is 12.6. The van der Waals surface area contributed by atoms with Crippen LogP contribution in [0.15, 0.2) is 36.9 Å². The maximum Gasteiger partial charge on any atom is 0.137 e. The van der Waals surface area contributed by atoms with Gasteiger partial charge in [0.15, 0.2) is 0 Å². The Kier molecular flexibility index (Phi) is 3.31. The quantitative estimate of drug-likeness (QED) is 0.845. The van der Waals surface area contributed by atoms with Gasteiger partial charge in [-0.1, -0.05) is 0 Å². The molecule has 0 amide bonds. The number of imidazole rings is 1. The lowest BCUT2D eigenvalue weighted by atomic mass is 10.1. The zero-order chi connectivity index (χ0) is 11.4. The third-order valence-corrected chi connectivity index (χ3v) is 2.56. The van der Waals surface area contributed by atoms with Gasteiger partial charge in [-0.05, 0) is 24.6 Å². The maximum absolute atomic E-state index is 10.1. The molecule has 0 aromatic carbocycles. The summed E-state index contributed by atoms with van der Waals surface area (Å²) in [6, 6.07) is 3.81. The van der Waals surface area contributed by atoms with Crippen LogP contribution >= 0.6 is 0 Å². The average Bonchev–Trinajstić information content (AvgIpc) is 2.78. The summed E-state index contributed by atoms with van der Waals surface area (Å²) in [7, 11) is 0.